The third kappa shape index (κ3) is 1.73. The molecule has 6 heteroatoms. The summed E-state index contributed by atoms with van der Waals surface area (Å²) in [5.74, 6) is -1.97. The Morgan fingerprint density at radius 3 is 2.91 bits per heavy atom. The fourth-order valence-electron chi connectivity index (χ4n) is 0.721. The summed E-state index contributed by atoms with van der Waals surface area (Å²) in [7, 11) is -0.955. The molecule has 1 saturated heterocycles. The molecule has 64 valence electrons. The number of hydrogen-bond donors (Lipinski definition) is 0. The predicted molar refractivity (Wildman–Crippen MR) is 35.0 cm³/mol. The Kier molecular flexibility index (Phi) is 2.54. The lowest BCUT2D eigenvalue weighted by Crippen LogP contribution is -2.45. The molecule has 4 nitrogen and oxygen atoms in total. The van der Waals surface area contributed by atoms with E-state index in [9.17, 15) is 8.96 Å². The molecule has 0 amide bonds. The van der Waals surface area contributed by atoms with Gasteiger partial charge in [-0.2, -0.15) is 0 Å². The Morgan fingerprint density at radius 2 is 2.45 bits per heavy atom. The Balaban J connectivity index is 2.63. The molecule has 1 aliphatic heterocycles. The number of hydrogen-bond acceptors (Lipinski definition) is 4. The average Bonchev–Trinajstić information content (AvgIpc) is 1.98. The van der Waals surface area contributed by atoms with Gasteiger partial charge in [-0.15, -0.1) is 9.05 Å². The van der Waals surface area contributed by atoms with Gasteiger partial charge in [-0.1, -0.05) is 0 Å². The first-order valence-electron chi connectivity index (χ1n) is 3.09. The van der Waals surface area contributed by atoms with Gasteiger partial charge in [-0.25, -0.2) is 4.39 Å². The van der Waals surface area contributed by atoms with Gasteiger partial charge in [0.05, 0.1) is 0 Å². The van der Waals surface area contributed by atoms with Crippen molar-refractivity contribution in [2.24, 2.45) is 0 Å². The highest BCUT2D eigenvalue weighted by molar-refractivity contribution is 7.33. The summed E-state index contributed by atoms with van der Waals surface area (Å²) in [4.78, 5) is 0. The van der Waals surface area contributed by atoms with Crippen molar-refractivity contribution in [3.63, 3.8) is 0 Å². The molecule has 0 aromatic carbocycles. The molecule has 1 heterocycles. The molecule has 0 bridgehead atoms. The average molecular weight is 183 g/mol. The fourth-order valence-corrected chi connectivity index (χ4v) is 1.48. The van der Waals surface area contributed by atoms with Crippen LogP contribution in [0.15, 0.2) is 0 Å². The monoisotopic (exact) mass is 183 g/mol. The zero-order chi connectivity index (χ0) is 8.48. The van der Waals surface area contributed by atoms with Gasteiger partial charge in [0.2, 0.25) is 0 Å². The maximum absolute atomic E-state index is 13.3. The lowest BCUT2D eigenvalue weighted by molar-refractivity contribution is -0.212. The molecule has 0 saturated carbocycles. The molecule has 0 N–H and O–H groups in total. The van der Waals surface area contributed by atoms with Gasteiger partial charge in [0.25, 0.3) is 5.85 Å². The third-order valence-electron chi connectivity index (χ3n) is 1.56. The summed E-state index contributed by atoms with van der Waals surface area (Å²) < 4.78 is 37.3. The van der Waals surface area contributed by atoms with Crippen LogP contribution in [-0.2, 0) is 18.3 Å². The van der Waals surface area contributed by atoms with Crippen molar-refractivity contribution in [3.05, 3.63) is 0 Å². The molecular weight excluding hydrogens is 174 g/mol. The van der Waals surface area contributed by atoms with Gasteiger partial charge in [-0.05, 0) is 6.92 Å². The standard InChI is InChI=1S/C5H9FO4P/c1-4-5(6,8-2)3-9-11(7)10-4/h4H,3H2,1-2H3/q+1/t4-,5+/m0/s1. The zero-order valence-corrected chi connectivity index (χ0v) is 7.14. The van der Waals surface area contributed by atoms with Gasteiger partial charge >= 0.3 is 8.25 Å². The minimum atomic E-state index is -2.17. The Morgan fingerprint density at radius 1 is 1.82 bits per heavy atom. The van der Waals surface area contributed by atoms with Crippen LogP contribution in [-0.4, -0.2) is 25.7 Å². The summed E-state index contributed by atoms with van der Waals surface area (Å²) in [5.41, 5.74) is 0. The molecule has 0 spiro atoms. The molecule has 0 aliphatic carbocycles. The highest BCUT2D eigenvalue weighted by Gasteiger charge is 2.51. The van der Waals surface area contributed by atoms with E-state index < -0.39 is 20.2 Å². The topological polar surface area (TPSA) is 44.8 Å². The molecular formula is C5H9FO4P+. The smallest absolute Gasteiger partial charge is 0.345 e. The van der Waals surface area contributed by atoms with Crippen molar-refractivity contribution >= 4 is 8.25 Å². The van der Waals surface area contributed by atoms with Crippen LogP contribution in [0.5, 0.6) is 0 Å². The highest BCUT2D eigenvalue weighted by atomic mass is 31.1. The largest absolute Gasteiger partial charge is 0.698 e. The Bertz CT molecular complexity index is 176. The van der Waals surface area contributed by atoms with E-state index in [1.165, 1.54) is 14.0 Å². The van der Waals surface area contributed by atoms with Crippen LogP contribution in [0.2, 0.25) is 0 Å². The van der Waals surface area contributed by atoms with E-state index in [1.807, 2.05) is 0 Å². The van der Waals surface area contributed by atoms with Crippen LogP contribution < -0.4 is 0 Å². The SMILES string of the molecule is CO[C@]1(F)CO[P+](=O)O[C@H]1C. The fraction of sp³-hybridized carbons (Fsp3) is 1.00. The molecule has 0 aromatic rings. The summed E-state index contributed by atoms with van der Waals surface area (Å²) >= 11 is 0. The predicted octanol–water partition coefficient (Wildman–Crippen LogP) is 1.39. The second-order valence-electron chi connectivity index (χ2n) is 2.24. The van der Waals surface area contributed by atoms with Gasteiger partial charge in [0, 0.05) is 11.7 Å². The minimum absolute atomic E-state index is 0.347. The van der Waals surface area contributed by atoms with Crippen LogP contribution in [0.4, 0.5) is 4.39 Å². The highest BCUT2D eigenvalue weighted by Crippen LogP contribution is 2.39. The molecule has 1 aliphatic rings. The van der Waals surface area contributed by atoms with E-state index in [4.69, 9.17) is 0 Å². The summed E-state index contributed by atoms with van der Waals surface area (Å²) in [6, 6.07) is 0. The molecule has 11 heavy (non-hydrogen) atoms. The molecule has 0 aromatic heterocycles. The minimum Gasteiger partial charge on any atom is -0.345 e. The maximum Gasteiger partial charge on any atom is 0.698 e. The number of methoxy groups -OCH3 is 1. The second-order valence-corrected chi connectivity index (χ2v) is 3.15. The van der Waals surface area contributed by atoms with Crippen molar-refractivity contribution in [3.8, 4) is 0 Å². The van der Waals surface area contributed by atoms with E-state index in [0.29, 0.717) is 0 Å². The van der Waals surface area contributed by atoms with Crippen LogP contribution in [0.3, 0.4) is 0 Å². The van der Waals surface area contributed by atoms with Crippen molar-refractivity contribution in [2.75, 3.05) is 13.7 Å². The van der Waals surface area contributed by atoms with Crippen LogP contribution in [0, 0.1) is 0 Å². The number of halogens is 1. The van der Waals surface area contributed by atoms with Gasteiger partial charge < -0.3 is 4.74 Å². The Labute approximate surface area is 64.6 Å². The van der Waals surface area contributed by atoms with E-state index in [0.717, 1.165) is 0 Å². The zero-order valence-electron chi connectivity index (χ0n) is 6.24. The van der Waals surface area contributed by atoms with Crippen molar-refractivity contribution in [1.29, 1.82) is 0 Å². The normalized spacial score (nSPS) is 42.5. The first-order chi connectivity index (χ1) is 5.08. The van der Waals surface area contributed by atoms with Crippen molar-refractivity contribution < 1.29 is 22.7 Å². The van der Waals surface area contributed by atoms with Crippen LogP contribution >= 0.6 is 8.25 Å². The van der Waals surface area contributed by atoms with Gasteiger partial charge in [-0.3, -0.25) is 0 Å². The molecule has 0 radical (unpaired) electrons. The lowest BCUT2D eigenvalue weighted by atomic mass is 10.2. The second kappa shape index (κ2) is 3.11. The van der Waals surface area contributed by atoms with Gasteiger partial charge in [0.15, 0.2) is 12.7 Å². The number of ether oxygens (including phenoxy) is 1. The Hall–Kier alpha value is -0.0900. The summed E-state index contributed by atoms with van der Waals surface area (Å²) in [6.45, 7) is 1.10. The third-order valence-corrected chi connectivity index (χ3v) is 2.39. The number of rotatable bonds is 1. The van der Waals surface area contributed by atoms with E-state index >= 15 is 0 Å². The molecule has 1 unspecified atom stereocenters. The van der Waals surface area contributed by atoms with Crippen LogP contribution in [0.1, 0.15) is 6.92 Å². The van der Waals surface area contributed by atoms with Crippen molar-refractivity contribution in [1.82, 2.24) is 0 Å². The first kappa shape index (κ1) is 9.00. The van der Waals surface area contributed by atoms with E-state index in [-0.39, 0.29) is 6.61 Å². The van der Waals surface area contributed by atoms with E-state index in [2.05, 4.69) is 13.8 Å². The number of alkyl halides is 1. The molecule has 1 rings (SSSR count). The van der Waals surface area contributed by atoms with Gasteiger partial charge in [0.1, 0.15) is 0 Å². The first-order valence-corrected chi connectivity index (χ1v) is 4.19. The van der Waals surface area contributed by atoms with E-state index in [1.54, 1.807) is 0 Å². The van der Waals surface area contributed by atoms with Crippen LogP contribution in [0.25, 0.3) is 0 Å². The quantitative estimate of drug-likeness (QED) is 0.576. The lowest BCUT2D eigenvalue weighted by Gasteiger charge is -2.26. The van der Waals surface area contributed by atoms with Crippen molar-refractivity contribution in [2.45, 2.75) is 18.9 Å². The molecule has 1 fully saturated rings. The maximum atomic E-state index is 13.3. The summed E-state index contributed by atoms with van der Waals surface area (Å²) in [6.07, 6.45) is -0.857. The molecule has 3 atom stereocenters. The summed E-state index contributed by atoms with van der Waals surface area (Å²) in [5, 5.41) is 0.